The molecule has 0 atom stereocenters. The van der Waals surface area contributed by atoms with E-state index in [-0.39, 0.29) is 17.3 Å². The van der Waals surface area contributed by atoms with Crippen LogP contribution in [0.2, 0.25) is 0 Å². The predicted molar refractivity (Wildman–Crippen MR) is 103 cm³/mol. The Morgan fingerprint density at radius 3 is 2.48 bits per heavy atom. The Kier molecular flexibility index (Phi) is 5.21. The predicted octanol–water partition coefficient (Wildman–Crippen LogP) is 3.34. The maximum absolute atomic E-state index is 13.0. The van der Waals surface area contributed by atoms with Crippen LogP contribution in [0.4, 0.5) is 0 Å². The van der Waals surface area contributed by atoms with Crippen LogP contribution in [-0.2, 0) is 23.0 Å². The molecule has 0 spiro atoms. The number of aryl methyl sites for hydroxylation is 5. The highest BCUT2D eigenvalue weighted by atomic mass is 32.2. The van der Waals surface area contributed by atoms with Crippen molar-refractivity contribution in [2.24, 2.45) is 0 Å². The Balaban J connectivity index is 1.95. The molecule has 0 unspecified atom stereocenters. The zero-order valence-electron chi connectivity index (χ0n) is 16.2. The average Bonchev–Trinajstić information content (AvgIpc) is 3.19. The third kappa shape index (κ3) is 3.81. The fourth-order valence-corrected chi connectivity index (χ4v) is 4.48. The Hall–Kier alpha value is -2.45. The number of nitrogens with one attached hydrogen (secondary N) is 2. The summed E-state index contributed by atoms with van der Waals surface area (Å²) in [6.07, 6.45) is 0.610. The van der Waals surface area contributed by atoms with Crippen molar-refractivity contribution >= 4 is 10.0 Å². The highest BCUT2D eigenvalue weighted by Crippen LogP contribution is 2.32. The molecule has 144 valence electrons. The molecule has 0 aliphatic carbocycles. The molecule has 0 bridgehead atoms. The molecule has 2 aromatic heterocycles. The number of sulfonamides is 1. The SMILES string of the molecule is CCc1noc(-c2c(C)[nH]c(C)c2S(=O)(=O)NCc2ccc(C)c(C)c2)n1. The van der Waals surface area contributed by atoms with Gasteiger partial charge in [0.25, 0.3) is 5.89 Å². The van der Waals surface area contributed by atoms with Gasteiger partial charge in [-0.3, -0.25) is 0 Å². The highest BCUT2D eigenvalue weighted by molar-refractivity contribution is 7.89. The molecule has 0 fully saturated rings. The van der Waals surface area contributed by atoms with Gasteiger partial charge in [-0.25, -0.2) is 13.1 Å². The summed E-state index contributed by atoms with van der Waals surface area (Å²) in [5.41, 5.74) is 4.83. The zero-order valence-corrected chi connectivity index (χ0v) is 17.0. The van der Waals surface area contributed by atoms with E-state index in [9.17, 15) is 8.42 Å². The van der Waals surface area contributed by atoms with Gasteiger partial charge < -0.3 is 9.51 Å². The minimum absolute atomic E-state index is 0.148. The lowest BCUT2D eigenvalue weighted by Crippen LogP contribution is -2.24. The largest absolute Gasteiger partial charge is 0.361 e. The topological polar surface area (TPSA) is 101 Å². The van der Waals surface area contributed by atoms with E-state index in [2.05, 4.69) is 19.8 Å². The van der Waals surface area contributed by atoms with Gasteiger partial charge in [0.1, 0.15) is 4.90 Å². The first-order valence-corrected chi connectivity index (χ1v) is 10.3. The maximum atomic E-state index is 13.0. The molecule has 0 aliphatic heterocycles. The van der Waals surface area contributed by atoms with E-state index in [0.29, 0.717) is 29.2 Å². The Labute approximate surface area is 159 Å². The van der Waals surface area contributed by atoms with Crippen LogP contribution in [0.3, 0.4) is 0 Å². The lowest BCUT2D eigenvalue weighted by atomic mass is 10.1. The molecule has 8 heteroatoms. The molecule has 0 aliphatic rings. The number of benzene rings is 1. The number of nitrogens with zero attached hydrogens (tertiary/aromatic N) is 2. The summed E-state index contributed by atoms with van der Waals surface area (Å²) in [7, 11) is -3.78. The van der Waals surface area contributed by atoms with Crippen LogP contribution in [0, 0.1) is 27.7 Å². The van der Waals surface area contributed by atoms with Crippen LogP contribution in [0.15, 0.2) is 27.6 Å². The van der Waals surface area contributed by atoms with Gasteiger partial charge in [0.15, 0.2) is 5.82 Å². The molecule has 1 aromatic carbocycles. The summed E-state index contributed by atoms with van der Waals surface area (Å²) in [5.74, 6) is 0.745. The van der Waals surface area contributed by atoms with Crippen LogP contribution < -0.4 is 4.72 Å². The first kappa shape index (κ1) is 19.3. The van der Waals surface area contributed by atoms with Gasteiger partial charge in [-0.2, -0.15) is 4.98 Å². The fourth-order valence-electron chi connectivity index (χ4n) is 3.01. The second-order valence-corrected chi connectivity index (χ2v) is 8.40. The molecule has 7 nitrogen and oxygen atoms in total. The number of rotatable bonds is 6. The fraction of sp³-hybridized carbons (Fsp3) is 0.368. The molecule has 3 rings (SSSR count). The van der Waals surface area contributed by atoms with Gasteiger partial charge in [-0.05, 0) is 44.4 Å². The van der Waals surface area contributed by atoms with Crippen molar-refractivity contribution in [2.45, 2.75) is 52.5 Å². The quantitative estimate of drug-likeness (QED) is 0.674. The van der Waals surface area contributed by atoms with Gasteiger partial charge in [-0.15, -0.1) is 0 Å². The van der Waals surface area contributed by atoms with E-state index in [1.165, 1.54) is 5.56 Å². The number of aromatic nitrogens is 3. The van der Waals surface area contributed by atoms with Gasteiger partial charge in [0.05, 0.1) is 5.56 Å². The van der Waals surface area contributed by atoms with Crippen LogP contribution in [0.1, 0.15) is 40.8 Å². The summed E-state index contributed by atoms with van der Waals surface area (Å²) in [5, 5.41) is 3.88. The van der Waals surface area contributed by atoms with Gasteiger partial charge in [0, 0.05) is 24.4 Å². The molecule has 3 aromatic rings. The number of hydrogen-bond acceptors (Lipinski definition) is 5. The smallest absolute Gasteiger partial charge is 0.261 e. The van der Waals surface area contributed by atoms with Crippen molar-refractivity contribution in [3.63, 3.8) is 0 Å². The van der Waals surface area contributed by atoms with Gasteiger partial charge >= 0.3 is 0 Å². The van der Waals surface area contributed by atoms with E-state index in [0.717, 1.165) is 11.1 Å². The Morgan fingerprint density at radius 1 is 1.11 bits per heavy atom. The van der Waals surface area contributed by atoms with E-state index < -0.39 is 10.0 Å². The standard InChI is InChI=1S/C19H24N4O3S/c1-6-16-22-19(26-23-16)17-13(4)21-14(5)18(17)27(24,25)20-10-15-8-7-11(2)12(3)9-15/h7-9,20-21H,6,10H2,1-5H3. The highest BCUT2D eigenvalue weighted by Gasteiger charge is 2.28. The molecular formula is C19H24N4O3S. The third-order valence-electron chi connectivity index (χ3n) is 4.62. The van der Waals surface area contributed by atoms with Crippen LogP contribution in [0.25, 0.3) is 11.5 Å². The lowest BCUT2D eigenvalue weighted by molar-refractivity contribution is 0.422. The van der Waals surface area contributed by atoms with Crippen molar-refractivity contribution in [1.29, 1.82) is 0 Å². The van der Waals surface area contributed by atoms with Crippen LogP contribution >= 0.6 is 0 Å². The monoisotopic (exact) mass is 388 g/mol. The van der Waals surface area contributed by atoms with E-state index in [4.69, 9.17) is 4.52 Å². The first-order valence-electron chi connectivity index (χ1n) is 8.80. The first-order chi connectivity index (χ1) is 12.7. The summed E-state index contributed by atoms with van der Waals surface area (Å²) in [6, 6.07) is 5.90. The molecule has 2 heterocycles. The molecule has 0 saturated carbocycles. The summed E-state index contributed by atoms with van der Waals surface area (Å²) in [4.78, 5) is 7.52. The lowest BCUT2D eigenvalue weighted by Gasteiger charge is -2.09. The summed E-state index contributed by atoms with van der Waals surface area (Å²) < 4.78 is 34.1. The number of hydrogen-bond donors (Lipinski definition) is 2. The summed E-state index contributed by atoms with van der Waals surface area (Å²) in [6.45, 7) is 9.66. The van der Waals surface area contributed by atoms with Crippen molar-refractivity contribution in [1.82, 2.24) is 19.8 Å². The third-order valence-corrected chi connectivity index (χ3v) is 6.19. The molecule has 27 heavy (non-hydrogen) atoms. The van der Waals surface area contributed by atoms with Gasteiger partial charge in [0.2, 0.25) is 10.0 Å². The minimum Gasteiger partial charge on any atom is -0.361 e. The normalized spacial score (nSPS) is 11.9. The molecule has 0 saturated heterocycles. The van der Waals surface area contributed by atoms with E-state index in [1.54, 1.807) is 13.8 Å². The van der Waals surface area contributed by atoms with Crippen molar-refractivity contribution < 1.29 is 12.9 Å². The molecule has 0 amide bonds. The molecular weight excluding hydrogens is 364 g/mol. The van der Waals surface area contributed by atoms with Crippen LogP contribution in [-0.4, -0.2) is 23.5 Å². The number of aromatic amines is 1. The second kappa shape index (κ2) is 7.28. The Morgan fingerprint density at radius 2 is 1.85 bits per heavy atom. The zero-order chi connectivity index (χ0) is 19.8. The van der Waals surface area contributed by atoms with Crippen molar-refractivity contribution in [3.8, 4) is 11.5 Å². The molecule has 2 N–H and O–H groups in total. The number of H-pyrrole nitrogens is 1. The van der Waals surface area contributed by atoms with Crippen molar-refractivity contribution in [3.05, 3.63) is 52.1 Å². The molecule has 0 radical (unpaired) electrons. The Bertz CT molecular complexity index is 1080. The average molecular weight is 388 g/mol. The van der Waals surface area contributed by atoms with Crippen LogP contribution in [0.5, 0.6) is 0 Å². The minimum atomic E-state index is -3.78. The van der Waals surface area contributed by atoms with Gasteiger partial charge in [-0.1, -0.05) is 30.3 Å². The van der Waals surface area contributed by atoms with E-state index >= 15 is 0 Å². The maximum Gasteiger partial charge on any atom is 0.261 e. The van der Waals surface area contributed by atoms with Crippen molar-refractivity contribution in [2.75, 3.05) is 0 Å². The summed E-state index contributed by atoms with van der Waals surface area (Å²) >= 11 is 0. The van der Waals surface area contributed by atoms with E-state index in [1.807, 2.05) is 39.0 Å². The second-order valence-electron chi connectivity index (χ2n) is 6.69.